The first-order chi connectivity index (χ1) is 16.3. The molecule has 2 fully saturated rings. The Labute approximate surface area is 195 Å². The molecule has 1 saturated heterocycles. The van der Waals surface area contributed by atoms with E-state index in [1.54, 1.807) is 6.92 Å². The summed E-state index contributed by atoms with van der Waals surface area (Å²) < 4.78 is 7.05. The van der Waals surface area contributed by atoms with E-state index in [9.17, 15) is 19.8 Å². The number of carbonyl (C=O) groups is 2. The molecule has 2 aliphatic rings. The Kier molecular flexibility index (Phi) is 6.97. The van der Waals surface area contributed by atoms with E-state index < -0.39 is 36.4 Å². The standard InChI is InChI=1S/C22H28N6O6/c1-2-24-20(31)17-15(29)16(30)21(34-17)28-10-25-14-18(23)26-13(27-19(14)28)5-3-4-11-6-8-12(9-7-11)22(32)33/h10-12,15-17,21,29-30H,2,4,6-9H2,1H3,(H,24,31)(H,32,33)(H2,23,26,27)/t11-,12-,15-,16?,17+,21-/m1/s1. The number of nitrogens with zero attached hydrogens (tertiary/aromatic N) is 4. The number of anilines is 1. The largest absolute Gasteiger partial charge is 0.481 e. The number of amides is 1. The molecule has 4 atom stereocenters. The number of nitrogens with one attached hydrogen (secondary N) is 1. The molecule has 2 aromatic rings. The van der Waals surface area contributed by atoms with E-state index in [4.69, 9.17) is 15.6 Å². The fraction of sp³-hybridized carbons (Fsp3) is 0.591. The highest BCUT2D eigenvalue weighted by molar-refractivity contribution is 5.83. The van der Waals surface area contributed by atoms with Crippen LogP contribution in [-0.2, 0) is 14.3 Å². The molecule has 0 bridgehead atoms. The Bertz CT molecular complexity index is 1130. The van der Waals surface area contributed by atoms with Crippen LogP contribution in [0.25, 0.3) is 11.2 Å². The van der Waals surface area contributed by atoms with E-state index in [0.717, 1.165) is 12.8 Å². The number of fused-ring (bicyclic) bond motifs is 1. The first-order valence-corrected chi connectivity index (χ1v) is 11.3. The van der Waals surface area contributed by atoms with Crippen LogP contribution in [0.1, 0.15) is 51.1 Å². The van der Waals surface area contributed by atoms with Gasteiger partial charge in [0.2, 0.25) is 5.82 Å². The highest BCUT2D eigenvalue weighted by Crippen LogP contribution is 2.33. The third kappa shape index (κ3) is 4.68. The summed E-state index contributed by atoms with van der Waals surface area (Å²) in [5, 5.41) is 32.5. The normalized spacial score (nSPS) is 28.9. The summed E-state index contributed by atoms with van der Waals surface area (Å²) in [5.41, 5.74) is 6.57. The lowest BCUT2D eigenvalue weighted by molar-refractivity contribution is -0.143. The number of aliphatic hydroxyl groups is 2. The summed E-state index contributed by atoms with van der Waals surface area (Å²) in [5.74, 6) is 5.02. The zero-order chi connectivity index (χ0) is 24.4. The number of likely N-dealkylation sites (N-methyl/N-ethyl adjacent to an activating group) is 1. The molecule has 34 heavy (non-hydrogen) atoms. The van der Waals surface area contributed by atoms with Gasteiger partial charge in [0, 0.05) is 13.0 Å². The Morgan fingerprint density at radius 3 is 2.65 bits per heavy atom. The van der Waals surface area contributed by atoms with Crippen LogP contribution in [0.15, 0.2) is 6.33 Å². The van der Waals surface area contributed by atoms with Crippen LogP contribution in [0, 0.1) is 23.7 Å². The maximum Gasteiger partial charge on any atom is 0.306 e. The second-order valence-electron chi connectivity index (χ2n) is 8.64. The van der Waals surface area contributed by atoms with Gasteiger partial charge in [0.15, 0.2) is 23.8 Å². The van der Waals surface area contributed by atoms with Crippen molar-refractivity contribution >= 4 is 28.9 Å². The minimum absolute atomic E-state index is 0.100. The number of nitrogens with two attached hydrogens (primary N) is 1. The number of carboxylic acids is 1. The number of aromatic nitrogens is 4. The second-order valence-corrected chi connectivity index (χ2v) is 8.64. The monoisotopic (exact) mass is 472 g/mol. The number of ether oxygens (including phenoxy) is 1. The number of aliphatic carboxylic acids is 1. The molecule has 0 spiro atoms. The molecule has 3 heterocycles. The minimum Gasteiger partial charge on any atom is -0.481 e. The third-order valence-corrected chi connectivity index (χ3v) is 6.36. The van der Waals surface area contributed by atoms with Crippen molar-refractivity contribution in [2.45, 2.75) is 63.6 Å². The van der Waals surface area contributed by atoms with Gasteiger partial charge in [-0.15, -0.1) is 0 Å². The summed E-state index contributed by atoms with van der Waals surface area (Å²) in [7, 11) is 0. The highest BCUT2D eigenvalue weighted by Gasteiger charge is 2.47. The summed E-state index contributed by atoms with van der Waals surface area (Å²) >= 11 is 0. The zero-order valence-electron chi connectivity index (χ0n) is 18.7. The summed E-state index contributed by atoms with van der Waals surface area (Å²) in [6.45, 7) is 2.09. The van der Waals surface area contributed by atoms with E-state index in [0.29, 0.717) is 31.7 Å². The SMILES string of the molecule is CCNC(=O)[C@H]1O[C@@H](n2cnc3c(N)nc(C#CC[C@H]4CC[C@H](C(=O)O)CC4)nc32)C(O)[C@H]1O. The molecule has 1 aliphatic carbocycles. The lowest BCUT2D eigenvalue weighted by atomic mass is 9.81. The fourth-order valence-corrected chi connectivity index (χ4v) is 4.45. The van der Waals surface area contributed by atoms with Gasteiger partial charge in [-0.2, -0.15) is 0 Å². The van der Waals surface area contributed by atoms with Gasteiger partial charge in [-0.05, 0) is 44.4 Å². The molecule has 4 rings (SSSR count). The second kappa shape index (κ2) is 9.92. The molecule has 0 aromatic carbocycles. The van der Waals surface area contributed by atoms with E-state index in [1.165, 1.54) is 10.9 Å². The summed E-state index contributed by atoms with van der Waals surface area (Å²) in [4.78, 5) is 36.0. The molecule has 2 aromatic heterocycles. The Balaban J connectivity index is 1.52. The van der Waals surface area contributed by atoms with Crippen molar-refractivity contribution in [1.82, 2.24) is 24.8 Å². The maximum atomic E-state index is 12.2. The number of carboxylic acid groups (broad SMARTS) is 1. The molecule has 1 aliphatic heterocycles. The van der Waals surface area contributed by atoms with Gasteiger partial charge < -0.3 is 31.1 Å². The van der Waals surface area contributed by atoms with E-state index in [2.05, 4.69) is 32.1 Å². The molecular formula is C22H28N6O6. The topological polar surface area (TPSA) is 186 Å². The summed E-state index contributed by atoms with van der Waals surface area (Å²) in [6.07, 6.45) is -0.281. The quantitative estimate of drug-likeness (QED) is 0.365. The molecule has 12 heteroatoms. The molecule has 1 unspecified atom stereocenters. The average molecular weight is 473 g/mol. The minimum atomic E-state index is -1.43. The van der Waals surface area contributed by atoms with Gasteiger partial charge in [0.05, 0.1) is 12.2 Å². The van der Waals surface area contributed by atoms with Gasteiger partial charge in [0.1, 0.15) is 17.7 Å². The van der Waals surface area contributed by atoms with Crippen molar-refractivity contribution in [3.8, 4) is 11.8 Å². The molecule has 6 N–H and O–H groups in total. The highest BCUT2D eigenvalue weighted by atomic mass is 16.6. The molecule has 182 valence electrons. The van der Waals surface area contributed by atoms with Gasteiger partial charge >= 0.3 is 5.97 Å². The lowest BCUT2D eigenvalue weighted by Gasteiger charge is -2.24. The Morgan fingerprint density at radius 2 is 1.97 bits per heavy atom. The predicted molar refractivity (Wildman–Crippen MR) is 119 cm³/mol. The van der Waals surface area contributed by atoms with Crippen LogP contribution in [-0.4, -0.2) is 71.6 Å². The van der Waals surface area contributed by atoms with Crippen LogP contribution in [0.5, 0.6) is 0 Å². The van der Waals surface area contributed by atoms with Gasteiger partial charge in [-0.1, -0.05) is 5.92 Å². The van der Waals surface area contributed by atoms with Crippen molar-refractivity contribution in [3.63, 3.8) is 0 Å². The first-order valence-electron chi connectivity index (χ1n) is 11.3. The first kappa shape index (κ1) is 23.9. The predicted octanol–water partition coefficient (Wildman–Crippen LogP) is -0.204. The number of hydrogen-bond acceptors (Lipinski definition) is 9. The smallest absolute Gasteiger partial charge is 0.306 e. The molecule has 1 saturated carbocycles. The summed E-state index contributed by atoms with van der Waals surface area (Å²) in [6, 6.07) is 0. The van der Waals surface area contributed by atoms with Crippen LogP contribution >= 0.6 is 0 Å². The number of aliphatic hydroxyl groups excluding tert-OH is 2. The van der Waals surface area contributed by atoms with E-state index in [1.807, 2.05) is 0 Å². The van der Waals surface area contributed by atoms with Gasteiger partial charge in [-0.25, -0.2) is 15.0 Å². The van der Waals surface area contributed by atoms with E-state index in [-0.39, 0.29) is 28.7 Å². The van der Waals surface area contributed by atoms with Gasteiger partial charge in [-0.3, -0.25) is 14.2 Å². The molecular weight excluding hydrogens is 444 g/mol. The number of imidazole rings is 1. The molecule has 12 nitrogen and oxygen atoms in total. The van der Waals surface area contributed by atoms with Crippen molar-refractivity contribution < 1.29 is 29.6 Å². The van der Waals surface area contributed by atoms with Crippen molar-refractivity contribution in [2.75, 3.05) is 12.3 Å². The van der Waals surface area contributed by atoms with E-state index >= 15 is 0 Å². The van der Waals surface area contributed by atoms with Crippen molar-refractivity contribution in [1.29, 1.82) is 0 Å². The fourth-order valence-electron chi connectivity index (χ4n) is 4.45. The van der Waals surface area contributed by atoms with Crippen LogP contribution in [0.3, 0.4) is 0 Å². The molecule has 1 amide bonds. The Morgan fingerprint density at radius 1 is 1.24 bits per heavy atom. The van der Waals surface area contributed by atoms with Crippen LogP contribution in [0.4, 0.5) is 5.82 Å². The number of nitrogen functional groups attached to an aromatic ring is 1. The van der Waals surface area contributed by atoms with Crippen molar-refractivity contribution in [2.24, 2.45) is 11.8 Å². The van der Waals surface area contributed by atoms with Crippen LogP contribution < -0.4 is 11.1 Å². The third-order valence-electron chi connectivity index (χ3n) is 6.36. The average Bonchev–Trinajstić information content (AvgIpc) is 3.36. The number of hydrogen-bond donors (Lipinski definition) is 5. The van der Waals surface area contributed by atoms with Crippen molar-refractivity contribution in [3.05, 3.63) is 12.2 Å². The Hall–Kier alpha value is -3.27. The van der Waals surface area contributed by atoms with Crippen LogP contribution in [0.2, 0.25) is 0 Å². The number of rotatable bonds is 5. The maximum absolute atomic E-state index is 12.2. The van der Waals surface area contributed by atoms with Gasteiger partial charge in [0.25, 0.3) is 5.91 Å². The molecule has 0 radical (unpaired) electrons. The number of carbonyl (C=O) groups excluding carboxylic acids is 1. The zero-order valence-corrected chi connectivity index (χ0v) is 18.7. The lowest BCUT2D eigenvalue weighted by Crippen LogP contribution is -2.42.